The lowest BCUT2D eigenvalue weighted by molar-refractivity contribution is 0.102. The maximum absolute atomic E-state index is 14.0. The van der Waals surface area contributed by atoms with Crippen LogP contribution in [0, 0.1) is 12.9 Å². The molecule has 3 aromatic heterocycles. The molecule has 0 bridgehead atoms. The van der Waals surface area contributed by atoms with E-state index in [4.69, 9.17) is 9.97 Å². The lowest BCUT2D eigenvalue weighted by Gasteiger charge is -2.25. The maximum atomic E-state index is 14.0. The zero-order chi connectivity index (χ0) is 27.6. The van der Waals surface area contributed by atoms with E-state index in [1.54, 1.807) is 12.3 Å². The molecule has 1 aliphatic rings. The van der Waals surface area contributed by atoms with Gasteiger partial charge in [0.1, 0.15) is 0 Å². The molecule has 0 saturated carbocycles. The Labute approximate surface area is 235 Å². The molecule has 2 N–H and O–H groups in total. The smallest absolute Gasteiger partial charge is 0.260 e. The van der Waals surface area contributed by atoms with Crippen LogP contribution >= 0.6 is 11.3 Å². The number of carbonyl (C=O) groups is 1. The number of benzene rings is 2. The fourth-order valence-corrected chi connectivity index (χ4v) is 5.66. The molecule has 0 radical (unpaired) electrons. The Balaban J connectivity index is 1.26. The summed E-state index contributed by atoms with van der Waals surface area (Å²) in [4.78, 5) is 33.4. The summed E-state index contributed by atoms with van der Waals surface area (Å²) < 4.78 is 14.0. The fraction of sp³-hybridized carbons (Fsp3) is 0.167. The summed E-state index contributed by atoms with van der Waals surface area (Å²) in [6.07, 6.45) is 4.09. The first-order valence-electron chi connectivity index (χ1n) is 12.8. The van der Waals surface area contributed by atoms with E-state index in [2.05, 4.69) is 50.7 Å². The van der Waals surface area contributed by atoms with Gasteiger partial charge in [-0.15, -0.1) is 11.3 Å². The van der Waals surface area contributed by atoms with Crippen LogP contribution in [0.4, 0.5) is 21.7 Å². The van der Waals surface area contributed by atoms with Crippen molar-refractivity contribution in [3.8, 4) is 21.8 Å². The standard InChI is InChI=1S/C30H26FN7OS/c1-18-34-26(20-5-3-6-22(15-20)35-29(39)24-7-4-12-32-28(24)31)27(40-18)25-10-13-33-30(37-25)36-23-9-8-19-11-14-38(2)17-21(19)16-23/h3-10,12-13,15-16H,11,14,17H2,1-2H3,(H,35,39)(H,33,36,37). The van der Waals surface area contributed by atoms with Crippen LogP contribution in [-0.4, -0.2) is 44.3 Å². The lowest BCUT2D eigenvalue weighted by Crippen LogP contribution is -2.26. The average Bonchev–Trinajstić information content (AvgIpc) is 3.35. The van der Waals surface area contributed by atoms with E-state index in [0.717, 1.165) is 52.0 Å². The predicted octanol–water partition coefficient (Wildman–Crippen LogP) is 6.09. The van der Waals surface area contributed by atoms with E-state index in [9.17, 15) is 9.18 Å². The van der Waals surface area contributed by atoms with Gasteiger partial charge in [0.25, 0.3) is 5.91 Å². The Hall–Kier alpha value is -4.54. The molecule has 0 saturated heterocycles. The molecule has 5 aromatic rings. The van der Waals surface area contributed by atoms with Crippen LogP contribution in [0.2, 0.25) is 0 Å². The topological polar surface area (TPSA) is 95.9 Å². The normalized spacial score (nSPS) is 13.1. The van der Waals surface area contributed by atoms with E-state index >= 15 is 0 Å². The van der Waals surface area contributed by atoms with Crippen LogP contribution in [0.5, 0.6) is 0 Å². The first-order chi connectivity index (χ1) is 19.4. The lowest BCUT2D eigenvalue weighted by atomic mass is 9.99. The van der Waals surface area contributed by atoms with Crippen molar-refractivity contribution in [1.29, 1.82) is 0 Å². The number of hydrogen-bond donors (Lipinski definition) is 2. The number of thiazole rings is 1. The number of pyridine rings is 1. The molecule has 0 fully saturated rings. The number of fused-ring (bicyclic) bond motifs is 1. The third-order valence-corrected chi connectivity index (χ3v) is 7.68. The molecule has 0 spiro atoms. The van der Waals surface area contributed by atoms with E-state index in [0.29, 0.717) is 11.6 Å². The molecule has 0 unspecified atom stereocenters. The Morgan fingerprint density at radius 3 is 2.75 bits per heavy atom. The molecule has 1 aliphatic heterocycles. The Bertz CT molecular complexity index is 1720. The van der Waals surface area contributed by atoms with Crippen molar-refractivity contribution in [2.45, 2.75) is 19.9 Å². The largest absolute Gasteiger partial charge is 0.324 e. The van der Waals surface area contributed by atoms with Gasteiger partial charge in [0.2, 0.25) is 11.9 Å². The zero-order valence-corrected chi connectivity index (χ0v) is 22.8. The van der Waals surface area contributed by atoms with Crippen LogP contribution in [0.3, 0.4) is 0 Å². The van der Waals surface area contributed by atoms with Crippen LogP contribution in [0.25, 0.3) is 21.8 Å². The SMILES string of the molecule is Cc1nc(-c2cccc(NC(=O)c3cccnc3F)c2)c(-c2ccnc(Nc3ccc4c(c3)CN(C)CC4)n2)s1. The van der Waals surface area contributed by atoms with Crippen molar-refractivity contribution >= 4 is 34.6 Å². The van der Waals surface area contributed by atoms with Crippen molar-refractivity contribution < 1.29 is 9.18 Å². The number of carbonyl (C=O) groups excluding carboxylic acids is 1. The van der Waals surface area contributed by atoms with Gasteiger partial charge in [-0.1, -0.05) is 18.2 Å². The number of amides is 1. The number of anilines is 3. The zero-order valence-electron chi connectivity index (χ0n) is 22.0. The second-order valence-corrected chi connectivity index (χ2v) is 10.9. The molecule has 200 valence electrons. The molecule has 10 heteroatoms. The molecule has 2 aromatic carbocycles. The first kappa shape index (κ1) is 25.7. The number of hydrogen-bond acceptors (Lipinski definition) is 8. The second kappa shape index (κ2) is 10.9. The van der Waals surface area contributed by atoms with E-state index in [1.165, 1.54) is 40.8 Å². The van der Waals surface area contributed by atoms with Gasteiger partial charge >= 0.3 is 0 Å². The van der Waals surface area contributed by atoms with Gasteiger partial charge in [-0.2, -0.15) is 4.39 Å². The Kier molecular flexibility index (Phi) is 7.02. The number of likely N-dealkylation sites (N-methyl/N-ethyl adjacent to an activating group) is 1. The highest BCUT2D eigenvalue weighted by molar-refractivity contribution is 7.15. The van der Waals surface area contributed by atoms with Gasteiger partial charge in [-0.25, -0.2) is 19.9 Å². The Morgan fingerprint density at radius 1 is 0.975 bits per heavy atom. The van der Waals surface area contributed by atoms with Crippen molar-refractivity contribution in [3.63, 3.8) is 0 Å². The Morgan fingerprint density at radius 2 is 1.88 bits per heavy atom. The van der Waals surface area contributed by atoms with E-state index in [1.807, 2.05) is 31.2 Å². The first-order valence-corrected chi connectivity index (χ1v) is 13.6. The third-order valence-electron chi connectivity index (χ3n) is 6.69. The minimum atomic E-state index is -0.815. The van der Waals surface area contributed by atoms with Gasteiger partial charge in [0, 0.05) is 42.4 Å². The molecular formula is C30H26FN7OS. The van der Waals surface area contributed by atoms with Crippen molar-refractivity contribution in [2.75, 3.05) is 24.2 Å². The van der Waals surface area contributed by atoms with Gasteiger partial charge in [-0.3, -0.25) is 4.79 Å². The summed E-state index contributed by atoms with van der Waals surface area (Å²) in [5, 5.41) is 6.99. The maximum Gasteiger partial charge on any atom is 0.260 e. The molecule has 8 nitrogen and oxygen atoms in total. The summed E-state index contributed by atoms with van der Waals surface area (Å²) in [6, 6.07) is 18.5. The summed E-state index contributed by atoms with van der Waals surface area (Å²) in [5.74, 6) is -0.889. The molecule has 0 atom stereocenters. The molecular weight excluding hydrogens is 525 g/mol. The monoisotopic (exact) mass is 551 g/mol. The summed E-state index contributed by atoms with van der Waals surface area (Å²) in [5.41, 5.74) is 6.32. The van der Waals surface area contributed by atoms with Crippen LogP contribution in [-0.2, 0) is 13.0 Å². The fourth-order valence-electron chi connectivity index (χ4n) is 4.74. The quantitative estimate of drug-likeness (QED) is 0.247. The molecule has 1 amide bonds. The molecule has 6 rings (SSSR count). The van der Waals surface area contributed by atoms with Crippen molar-refractivity contribution in [1.82, 2.24) is 24.8 Å². The molecule has 40 heavy (non-hydrogen) atoms. The summed E-state index contributed by atoms with van der Waals surface area (Å²) in [7, 11) is 2.13. The number of aryl methyl sites for hydroxylation is 1. The number of rotatable bonds is 6. The highest BCUT2D eigenvalue weighted by atomic mass is 32.1. The predicted molar refractivity (Wildman–Crippen MR) is 155 cm³/mol. The number of halogens is 1. The second-order valence-electron chi connectivity index (χ2n) is 9.65. The van der Waals surface area contributed by atoms with Crippen LogP contribution < -0.4 is 10.6 Å². The average molecular weight is 552 g/mol. The van der Waals surface area contributed by atoms with Crippen LogP contribution in [0.15, 0.2) is 73.1 Å². The van der Waals surface area contributed by atoms with Gasteiger partial charge in [0.15, 0.2) is 0 Å². The highest BCUT2D eigenvalue weighted by Gasteiger charge is 2.18. The molecule has 4 heterocycles. The minimum absolute atomic E-state index is 0.120. The number of nitrogens with one attached hydrogen (secondary N) is 2. The van der Waals surface area contributed by atoms with Gasteiger partial charge < -0.3 is 15.5 Å². The summed E-state index contributed by atoms with van der Waals surface area (Å²) in [6.45, 7) is 3.94. The van der Waals surface area contributed by atoms with E-state index in [-0.39, 0.29) is 5.56 Å². The van der Waals surface area contributed by atoms with Gasteiger partial charge in [-0.05, 0) is 74.0 Å². The highest BCUT2D eigenvalue weighted by Crippen LogP contribution is 2.37. The number of nitrogens with zero attached hydrogens (tertiary/aromatic N) is 5. The minimum Gasteiger partial charge on any atom is -0.324 e. The van der Waals surface area contributed by atoms with Gasteiger partial charge in [0.05, 0.1) is 26.8 Å². The number of aromatic nitrogens is 4. The van der Waals surface area contributed by atoms with Crippen molar-refractivity contribution in [3.05, 3.63) is 101 Å². The van der Waals surface area contributed by atoms with Crippen molar-refractivity contribution in [2.24, 2.45) is 0 Å². The summed E-state index contributed by atoms with van der Waals surface area (Å²) >= 11 is 1.53. The third kappa shape index (κ3) is 5.45. The molecule has 0 aliphatic carbocycles. The van der Waals surface area contributed by atoms with E-state index < -0.39 is 11.9 Å². The van der Waals surface area contributed by atoms with Crippen LogP contribution in [0.1, 0.15) is 26.5 Å².